The number of carbonyl (C=O) groups is 4. The van der Waals surface area contributed by atoms with Crippen molar-refractivity contribution in [2.24, 2.45) is 0 Å². The van der Waals surface area contributed by atoms with E-state index in [9.17, 15) is 19.2 Å². The van der Waals surface area contributed by atoms with Crippen molar-refractivity contribution in [2.75, 3.05) is 29.9 Å². The second-order valence-corrected chi connectivity index (χ2v) is 8.62. The number of nitrogens with one attached hydrogen (secondary N) is 1. The molecule has 0 saturated carbocycles. The van der Waals surface area contributed by atoms with Gasteiger partial charge in [0.25, 0.3) is 0 Å². The lowest BCUT2D eigenvalue weighted by Crippen LogP contribution is -2.42. The van der Waals surface area contributed by atoms with E-state index < -0.39 is 36.6 Å². The number of aliphatic carboxylic acids is 2. The Bertz CT molecular complexity index is 1070. The number of rotatable bonds is 14. The van der Waals surface area contributed by atoms with Gasteiger partial charge in [-0.2, -0.15) is 0 Å². The Hall–Kier alpha value is -4.28. The molecular weight excluding hydrogens is 494 g/mol. The predicted molar refractivity (Wildman–Crippen MR) is 142 cm³/mol. The number of benzene rings is 2. The normalized spacial score (nSPS) is 11.2. The number of hydrogen-bond acceptors (Lipinski definition) is 7. The van der Waals surface area contributed by atoms with Gasteiger partial charge in [-0.1, -0.05) is 26.0 Å². The third-order valence-corrected chi connectivity index (χ3v) is 5.60. The molecule has 2 amide bonds. The highest BCUT2D eigenvalue weighted by Gasteiger charge is 2.22. The van der Waals surface area contributed by atoms with Crippen LogP contribution in [0, 0.1) is 0 Å². The highest BCUT2D eigenvalue weighted by Crippen LogP contribution is 2.22. The average molecular weight is 530 g/mol. The SMILES string of the molecule is CCCN(CCC)c1ccc(N(C)C(=O)OCc2ccc(OC(=O)NC(CCC(=O)O)C(=O)O)cc2)cc1. The Kier molecular flexibility index (Phi) is 11.9. The van der Waals surface area contributed by atoms with Crippen molar-refractivity contribution in [3.05, 3.63) is 54.1 Å². The van der Waals surface area contributed by atoms with Crippen molar-refractivity contribution in [2.45, 2.75) is 52.2 Å². The van der Waals surface area contributed by atoms with E-state index in [1.54, 1.807) is 19.2 Å². The van der Waals surface area contributed by atoms with Gasteiger partial charge in [0.2, 0.25) is 0 Å². The van der Waals surface area contributed by atoms with Gasteiger partial charge in [-0.3, -0.25) is 9.69 Å². The maximum absolute atomic E-state index is 12.5. The average Bonchev–Trinajstić information content (AvgIpc) is 2.89. The number of ether oxygens (including phenoxy) is 2. The molecule has 0 radical (unpaired) electrons. The lowest BCUT2D eigenvalue weighted by Gasteiger charge is -2.25. The predicted octanol–water partition coefficient (Wildman–Crippen LogP) is 4.49. The van der Waals surface area contributed by atoms with Gasteiger partial charge in [0.05, 0.1) is 0 Å². The van der Waals surface area contributed by atoms with Crippen LogP contribution in [0.4, 0.5) is 21.0 Å². The van der Waals surface area contributed by atoms with Crippen molar-refractivity contribution >= 4 is 35.5 Å². The summed E-state index contributed by atoms with van der Waals surface area (Å²) in [5.41, 5.74) is 2.45. The van der Waals surface area contributed by atoms with E-state index in [4.69, 9.17) is 19.7 Å². The summed E-state index contributed by atoms with van der Waals surface area (Å²) in [7, 11) is 1.63. The molecule has 2 aromatic carbocycles. The number of nitrogens with zero attached hydrogens (tertiary/aromatic N) is 2. The third-order valence-electron chi connectivity index (χ3n) is 5.60. The molecule has 0 aliphatic heterocycles. The summed E-state index contributed by atoms with van der Waals surface area (Å²) in [6, 6.07) is 12.5. The molecular formula is C27H35N3O8. The van der Waals surface area contributed by atoms with Crippen LogP contribution in [-0.2, 0) is 20.9 Å². The number of anilines is 2. The molecule has 206 valence electrons. The summed E-state index contributed by atoms with van der Waals surface area (Å²) < 4.78 is 10.4. The van der Waals surface area contributed by atoms with Gasteiger partial charge < -0.3 is 29.9 Å². The van der Waals surface area contributed by atoms with Crippen molar-refractivity contribution in [1.82, 2.24) is 5.32 Å². The highest BCUT2D eigenvalue weighted by atomic mass is 16.6. The van der Waals surface area contributed by atoms with Crippen LogP contribution in [0.3, 0.4) is 0 Å². The molecule has 0 heterocycles. The van der Waals surface area contributed by atoms with Crippen molar-refractivity contribution in [1.29, 1.82) is 0 Å². The summed E-state index contributed by atoms with van der Waals surface area (Å²) in [4.78, 5) is 50.1. The van der Waals surface area contributed by atoms with Gasteiger partial charge in [0.1, 0.15) is 18.4 Å². The van der Waals surface area contributed by atoms with E-state index in [1.807, 2.05) is 24.3 Å². The molecule has 2 aromatic rings. The van der Waals surface area contributed by atoms with E-state index in [1.165, 1.54) is 17.0 Å². The quantitative estimate of drug-likeness (QED) is 0.322. The van der Waals surface area contributed by atoms with Crippen LogP contribution < -0.4 is 19.9 Å². The van der Waals surface area contributed by atoms with Crippen LogP contribution in [0.2, 0.25) is 0 Å². The minimum absolute atomic E-state index is 0.00914. The first-order chi connectivity index (χ1) is 18.1. The molecule has 0 bridgehead atoms. The molecule has 0 fully saturated rings. The molecule has 0 aliphatic carbocycles. The molecule has 3 N–H and O–H groups in total. The zero-order valence-corrected chi connectivity index (χ0v) is 21.9. The van der Waals surface area contributed by atoms with Crippen LogP contribution in [0.25, 0.3) is 0 Å². The Morgan fingerprint density at radius 2 is 1.47 bits per heavy atom. The standard InChI is InChI=1S/C27H35N3O8/c1-4-16-30(17-5-2)21-10-8-20(9-11-21)29(3)27(36)37-18-19-6-12-22(13-7-19)38-26(35)28-23(25(33)34)14-15-24(31)32/h6-13,23H,4-5,14-18H2,1-3H3,(H,28,35)(H,31,32)(H,33,34). The minimum atomic E-state index is -1.39. The summed E-state index contributed by atoms with van der Waals surface area (Å²) >= 11 is 0. The Morgan fingerprint density at radius 1 is 0.895 bits per heavy atom. The second-order valence-electron chi connectivity index (χ2n) is 8.62. The van der Waals surface area contributed by atoms with Crippen LogP contribution in [0.5, 0.6) is 5.75 Å². The molecule has 0 saturated heterocycles. The smallest absolute Gasteiger partial charge is 0.414 e. The topological polar surface area (TPSA) is 146 Å². The molecule has 0 aromatic heterocycles. The molecule has 38 heavy (non-hydrogen) atoms. The Morgan fingerprint density at radius 3 is 2.00 bits per heavy atom. The molecule has 1 unspecified atom stereocenters. The Labute approximate surface area is 221 Å². The molecule has 11 heteroatoms. The Balaban J connectivity index is 1.87. The molecule has 1 atom stereocenters. The lowest BCUT2D eigenvalue weighted by molar-refractivity contribution is -0.140. The molecule has 0 aliphatic rings. The van der Waals surface area contributed by atoms with Crippen LogP contribution >= 0.6 is 0 Å². The maximum atomic E-state index is 12.5. The summed E-state index contributed by atoms with van der Waals surface area (Å²) in [6.07, 6.45) is -0.151. The lowest BCUT2D eigenvalue weighted by atomic mass is 10.1. The third kappa shape index (κ3) is 9.64. The molecule has 0 spiro atoms. The first kappa shape index (κ1) is 29.9. The number of amides is 2. The van der Waals surface area contributed by atoms with Gasteiger partial charge in [-0.15, -0.1) is 0 Å². The van der Waals surface area contributed by atoms with E-state index in [2.05, 4.69) is 24.1 Å². The zero-order valence-electron chi connectivity index (χ0n) is 21.9. The zero-order chi connectivity index (χ0) is 28.1. The number of carboxylic acid groups (broad SMARTS) is 2. The first-order valence-electron chi connectivity index (χ1n) is 12.4. The molecule has 11 nitrogen and oxygen atoms in total. The van der Waals surface area contributed by atoms with E-state index >= 15 is 0 Å². The fraction of sp³-hybridized carbons (Fsp3) is 0.407. The fourth-order valence-electron chi connectivity index (χ4n) is 3.60. The van der Waals surface area contributed by atoms with Crippen molar-refractivity contribution in [3.63, 3.8) is 0 Å². The van der Waals surface area contributed by atoms with Gasteiger partial charge >= 0.3 is 24.1 Å². The van der Waals surface area contributed by atoms with Crippen LogP contribution in [-0.4, -0.2) is 60.5 Å². The van der Waals surface area contributed by atoms with Crippen molar-refractivity contribution in [3.8, 4) is 5.75 Å². The minimum Gasteiger partial charge on any atom is -0.481 e. The van der Waals surface area contributed by atoms with Crippen LogP contribution in [0.15, 0.2) is 48.5 Å². The summed E-state index contributed by atoms with van der Waals surface area (Å²) in [5, 5.41) is 19.9. The highest BCUT2D eigenvalue weighted by molar-refractivity contribution is 5.87. The number of carbonyl (C=O) groups excluding carboxylic acids is 2. The van der Waals surface area contributed by atoms with Gasteiger partial charge in [-0.25, -0.2) is 14.4 Å². The largest absolute Gasteiger partial charge is 0.481 e. The summed E-state index contributed by atoms with van der Waals surface area (Å²) in [6.45, 7) is 6.21. The second kappa shape index (κ2) is 15.1. The van der Waals surface area contributed by atoms with Crippen LogP contribution in [0.1, 0.15) is 45.1 Å². The number of carboxylic acids is 2. The van der Waals surface area contributed by atoms with Gasteiger partial charge in [0, 0.05) is 37.9 Å². The monoisotopic (exact) mass is 529 g/mol. The van der Waals surface area contributed by atoms with Crippen molar-refractivity contribution < 1.29 is 38.9 Å². The van der Waals surface area contributed by atoms with E-state index in [-0.39, 0.29) is 18.8 Å². The number of hydrogen-bond donors (Lipinski definition) is 3. The summed E-state index contributed by atoms with van der Waals surface area (Å²) in [5.74, 6) is -2.40. The van der Waals surface area contributed by atoms with Gasteiger partial charge in [-0.05, 0) is 61.2 Å². The first-order valence-corrected chi connectivity index (χ1v) is 12.4. The molecule has 2 rings (SSSR count). The van der Waals surface area contributed by atoms with Gasteiger partial charge in [0.15, 0.2) is 0 Å². The fourth-order valence-corrected chi connectivity index (χ4v) is 3.60. The maximum Gasteiger partial charge on any atom is 0.414 e. The van der Waals surface area contributed by atoms with E-state index in [0.717, 1.165) is 31.6 Å². The van der Waals surface area contributed by atoms with E-state index in [0.29, 0.717) is 11.3 Å².